The van der Waals surface area contributed by atoms with Crippen molar-refractivity contribution in [1.29, 1.82) is 0 Å². The highest BCUT2D eigenvalue weighted by molar-refractivity contribution is 7.26. The number of quaternary nitrogens is 1. The lowest BCUT2D eigenvalue weighted by atomic mass is 9.89. The van der Waals surface area contributed by atoms with Gasteiger partial charge in [0.25, 0.3) is 0 Å². The molecule has 150 valence electrons. The monoisotopic (exact) mass is 400 g/mol. The maximum Gasteiger partial charge on any atom is 0.147 e. The van der Waals surface area contributed by atoms with Crippen LogP contribution >= 0.6 is 11.3 Å². The number of fused-ring (bicyclic) bond motifs is 5. The van der Waals surface area contributed by atoms with Crippen LogP contribution in [-0.4, -0.2) is 46.7 Å². The number of hydrogen-bond donors (Lipinski definition) is 2. The minimum atomic E-state index is -0.164. The normalized spacial score (nSPS) is 16.1. The first-order valence-corrected chi connectivity index (χ1v) is 11.0. The van der Waals surface area contributed by atoms with Crippen molar-refractivity contribution in [2.75, 3.05) is 31.5 Å². The molecule has 3 aromatic heterocycles. The summed E-state index contributed by atoms with van der Waals surface area (Å²) < 4.78 is 7.15. The molecule has 28 heavy (non-hydrogen) atoms. The van der Waals surface area contributed by atoms with E-state index in [2.05, 4.69) is 49.9 Å². The third kappa shape index (κ3) is 3.47. The van der Waals surface area contributed by atoms with Crippen molar-refractivity contribution >= 4 is 37.6 Å². The smallest absolute Gasteiger partial charge is 0.147 e. The molecule has 0 atom stereocenters. The lowest BCUT2D eigenvalue weighted by Crippen LogP contribution is -3.12. The molecule has 1 aliphatic rings. The van der Waals surface area contributed by atoms with E-state index < -0.39 is 0 Å². The first kappa shape index (κ1) is 19.5. The highest BCUT2D eigenvalue weighted by atomic mass is 32.1. The predicted molar refractivity (Wildman–Crippen MR) is 115 cm³/mol. The SMILES string of the molecule is CC[NH+](CC)CCNc1ncnc2c1sc1nc(C)c3c(c12)CC(C)(C)OC3. The molecule has 7 heteroatoms. The molecule has 0 saturated heterocycles. The molecular weight excluding hydrogens is 370 g/mol. The maximum absolute atomic E-state index is 6.05. The minimum Gasteiger partial charge on any atom is -0.370 e. The molecule has 0 spiro atoms. The second-order valence-electron chi connectivity index (χ2n) is 8.20. The summed E-state index contributed by atoms with van der Waals surface area (Å²) in [5, 5.41) is 4.74. The van der Waals surface area contributed by atoms with Gasteiger partial charge >= 0.3 is 0 Å². The van der Waals surface area contributed by atoms with E-state index in [-0.39, 0.29) is 5.60 Å². The summed E-state index contributed by atoms with van der Waals surface area (Å²) in [7, 11) is 0. The molecule has 0 bridgehead atoms. The van der Waals surface area contributed by atoms with Crippen molar-refractivity contribution in [2.45, 2.75) is 53.2 Å². The number of thiophene rings is 1. The largest absolute Gasteiger partial charge is 0.370 e. The van der Waals surface area contributed by atoms with E-state index in [1.54, 1.807) is 22.6 Å². The minimum absolute atomic E-state index is 0.164. The Morgan fingerprint density at radius 1 is 1.21 bits per heavy atom. The van der Waals surface area contributed by atoms with Crippen molar-refractivity contribution in [1.82, 2.24) is 15.0 Å². The van der Waals surface area contributed by atoms with Crippen LogP contribution in [0.1, 0.15) is 44.5 Å². The van der Waals surface area contributed by atoms with Crippen LogP contribution in [0, 0.1) is 6.92 Å². The standard InChI is InChI=1S/C21H29N5OS/c1-6-26(7-2)9-8-22-19-18-17(23-12-24-19)16-14-10-21(4,5)27-11-15(14)13(3)25-20(16)28-18/h12H,6-11H2,1-5H3,(H,22,23,24)/p+1. The number of aryl methyl sites for hydroxylation is 1. The van der Waals surface area contributed by atoms with Gasteiger partial charge in [0.1, 0.15) is 17.0 Å². The lowest BCUT2D eigenvalue weighted by molar-refractivity contribution is -0.894. The van der Waals surface area contributed by atoms with E-state index >= 15 is 0 Å². The zero-order chi connectivity index (χ0) is 19.9. The van der Waals surface area contributed by atoms with Crippen LogP contribution in [0.2, 0.25) is 0 Å². The van der Waals surface area contributed by atoms with Crippen molar-refractivity contribution in [2.24, 2.45) is 0 Å². The molecule has 4 heterocycles. The number of ether oxygens (including phenoxy) is 1. The maximum atomic E-state index is 6.05. The Hall–Kier alpha value is -1.83. The van der Waals surface area contributed by atoms with Crippen LogP contribution < -0.4 is 10.2 Å². The average Bonchev–Trinajstić information content (AvgIpc) is 3.03. The fraction of sp³-hybridized carbons (Fsp3) is 0.571. The fourth-order valence-electron chi connectivity index (χ4n) is 4.06. The van der Waals surface area contributed by atoms with Crippen LogP contribution in [0.25, 0.3) is 20.4 Å². The average molecular weight is 401 g/mol. The zero-order valence-electron chi connectivity index (χ0n) is 17.5. The Morgan fingerprint density at radius 2 is 2.00 bits per heavy atom. The van der Waals surface area contributed by atoms with Gasteiger partial charge in [0, 0.05) is 23.1 Å². The number of aromatic nitrogens is 3. The van der Waals surface area contributed by atoms with Gasteiger partial charge in [-0.1, -0.05) is 0 Å². The third-order valence-electron chi connectivity index (χ3n) is 5.81. The summed E-state index contributed by atoms with van der Waals surface area (Å²) in [6.07, 6.45) is 2.56. The Balaban J connectivity index is 1.77. The molecule has 0 aliphatic carbocycles. The number of nitrogens with zero attached hydrogens (tertiary/aromatic N) is 3. The molecule has 0 unspecified atom stereocenters. The van der Waals surface area contributed by atoms with Crippen LogP contribution in [0.3, 0.4) is 0 Å². The quantitative estimate of drug-likeness (QED) is 0.666. The second kappa shape index (κ2) is 7.54. The molecule has 0 fully saturated rings. The molecule has 4 rings (SSSR count). The van der Waals surface area contributed by atoms with E-state index in [1.807, 2.05) is 0 Å². The van der Waals surface area contributed by atoms with Gasteiger partial charge in [-0.05, 0) is 40.2 Å². The van der Waals surface area contributed by atoms with E-state index in [4.69, 9.17) is 9.72 Å². The molecular formula is C21H30N5OS+. The molecule has 0 aromatic carbocycles. The Bertz CT molecular complexity index is 1010. The van der Waals surface area contributed by atoms with Gasteiger partial charge in [-0.3, -0.25) is 0 Å². The first-order valence-electron chi connectivity index (χ1n) is 10.2. The number of likely N-dealkylation sites (N-methyl/N-ethyl adjacent to an activating group) is 1. The molecule has 0 radical (unpaired) electrons. The summed E-state index contributed by atoms with van der Waals surface area (Å²) in [5.74, 6) is 0.928. The van der Waals surface area contributed by atoms with Gasteiger partial charge in [0.05, 0.1) is 48.6 Å². The molecule has 3 aromatic rings. The molecule has 1 aliphatic heterocycles. The third-order valence-corrected chi connectivity index (χ3v) is 6.89. The van der Waals surface area contributed by atoms with Gasteiger partial charge in [-0.15, -0.1) is 11.3 Å². The van der Waals surface area contributed by atoms with Gasteiger partial charge in [-0.25, -0.2) is 15.0 Å². The van der Waals surface area contributed by atoms with E-state index in [1.165, 1.54) is 16.5 Å². The summed E-state index contributed by atoms with van der Waals surface area (Å²) in [4.78, 5) is 16.7. The Morgan fingerprint density at radius 3 is 2.75 bits per heavy atom. The van der Waals surface area contributed by atoms with E-state index in [9.17, 15) is 0 Å². The fourth-order valence-corrected chi connectivity index (χ4v) is 5.23. The Labute approximate surface area is 170 Å². The summed E-state index contributed by atoms with van der Waals surface area (Å²) in [6.45, 7) is 15.8. The van der Waals surface area contributed by atoms with Gasteiger partial charge in [-0.2, -0.15) is 0 Å². The van der Waals surface area contributed by atoms with Crippen molar-refractivity contribution in [3.05, 3.63) is 23.1 Å². The van der Waals surface area contributed by atoms with E-state index in [0.29, 0.717) is 6.61 Å². The molecule has 2 N–H and O–H groups in total. The lowest BCUT2D eigenvalue weighted by Gasteiger charge is -2.32. The number of nitrogens with one attached hydrogen (secondary N) is 2. The highest BCUT2D eigenvalue weighted by Gasteiger charge is 2.30. The van der Waals surface area contributed by atoms with Crippen LogP contribution in [0.4, 0.5) is 5.82 Å². The topological polar surface area (TPSA) is 64.4 Å². The number of pyridine rings is 1. The van der Waals surface area contributed by atoms with Gasteiger partial charge in [0.15, 0.2) is 0 Å². The van der Waals surface area contributed by atoms with Crippen molar-refractivity contribution in [3.63, 3.8) is 0 Å². The van der Waals surface area contributed by atoms with Crippen molar-refractivity contribution < 1.29 is 9.64 Å². The Kier molecular flexibility index (Phi) is 5.24. The molecule has 6 nitrogen and oxygen atoms in total. The first-order chi connectivity index (χ1) is 13.4. The zero-order valence-corrected chi connectivity index (χ0v) is 18.3. The van der Waals surface area contributed by atoms with Crippen LogP contribution in [0.15, 0.2) is 6.33 Å². The van der Waals surface area contributed by atoms with Crippen LogP contribution in [0.5, 0.6) is 0 Å². The van der Waals surface area contributed by atoms with Crippen LogP contribution in [-0.2, 0) is 17.8 Å². The number of anilines is 1. The summed E-state index contributed by atoms with van der Waals surface area (Å²) >= 11 is 1.70. The highest BCUT2D eigenvalue weighted by Crippen LogP contribution is 2.41. The number of hydrogen-bond acceptors (Lipinski definition) is 6. The number of rotatable bonds is 6. The molecule has 0 saturated carbocycles. The molecule has 0 amide bonds. The van der Waals surface area contributed by atoms with Gasteiger partial charge < -0.3 is 15.0 Å². The summed E-state index contributed by atoms with van der Waals surface area (Å²) in [5.41, 5.74) is 4.50. The summed E-state index contributed by atoms with van der Waals surface area (Å²) in [6, 6.07) is 0. The van der Waals surface area contributed by atoms with Gasteiger partial charge in [0.2, 0.25) is 0 Å². The second-order valence-corrected chi connectivity index (χ2v) is 9.19. The predicted octanol–water partition coefficient (Wildman–Crippen LogP) is 2.74. The van der Waals surface area contributed by atoms with Crippen molar-refractivity contribution in [3.8, 4) is 0 Å². The van der Waals surface area contributed by atoms with E-state index in [0.717, 1.165) is 59.2 Å².